The Morgan fingerprint density at radius 2 is 1.70 bits per heavy atom. The maximum atomic E-state index is 12.2. The highest BCUT2D eigenvalue weighted by Crippen LogP contribution is 2.22. The lowest BCUT2D eigenvalue weighted by Crippen LogP contribution is -2.26. The van der Waals surface area contributed by atoms with Gasteiger partial charge in [0.25, 0.3) is 5.91 Å². The molecule has 1 saturated heterocycles. The monoisotopic (exact) mass is 404 g/mol. The van der Waals surface area contributed by atoms with Gasteiger partial charge in [-0.3, -0.25) is 4.79 Å². The van der Waals surface area contributed by atoms with E-state index in [0.29, 0.717) is 24.1 Å². The van der Waals surface area contributed by atoms with E-state index in [1.54, 1.807) is 6.20 Å². The molecule has 3 heterocycles. The Bertz CT molecular complexity index is 1030. The molecule has 8 nitrogen and oxygen atoms in total. The van der Waals surface area contributed by atoms with Crippen molar-refractivity contribution in [1.29, 1.82) is 0 Å². The second-order valence-corrected chi connectivity index (χ2v) is 7.22. The van der Waals surface area contributed by atoms with Crippen LogP contribution in [0, 0.1) is 13.8 Å². The summed E-state index contributed by atoms with van der Waals surface area (Å²) >= 11 is 0. The van der Waals surface area contributed by atoms with Crippen molar-refractivity contribution in [3.05, 3.63) is 60.0 Å². The van der Waals surface area contributed by atoms with Gasteiger partial charge in [-0.25, -0.2) is 15.0 Å². The molecule has 1 aliphatic rings. The van der Waals surface area contributed by atoms with E-state index < -0.39 is 0 Å². The number of rotatable bonds is 6. The average molecular weight is 404 g/mol. The first-order chi connectivity index (χ1) is 14.5. The molecule has 1 fully saturated rings. The quantitative estimate of drug-likeness (QED) is 0.569. The van der Waals surface area contributed by atoms with E-state index in [0.717, 1.165) is 35.6 Å². The van der Waals surface area contributed by atoms with Crippen molar-refractivity contribution in [1.82, 2.24) is 15.0 Å². The Balaban J connectivity index is 1.42. The number of aromatic nitrogens is 3. The highest BCUT2D eigenvalue weighted by Gasteiger charge is 2.23. The van der Waals surface area contributed by atoms with Crippen molar-refractivity contribution in [2.24, 2.45) is 0 Å². The third kappa shape index (κ3) is 5.09. The molecule has 1 atom stereocenters. The van der Waals surface area contributed by atoms with Gasteiger partial charge in [-0.2, -0.15) is 0 Å². The number of hydrogen-bond acceptors (Lipinski definition) is 7. The normalized spacial score (nSPS) is 15.6. The van der Waals surface area contributed by atoms with Gasteiger partial charge in [-0.1, -0.05) is 0 Å². The Kier molecular flexibility index (Phi) is 5.85. The molecule has 0 spiro atoms. The molecule has 1 aliphatic heterocycles. The van der Waals surface area contributed by atoms with E-state index in [1.165, 1.54) is 0 Å². The standard InChI is InChI=1S/C22H24N6O2/c1-14-9-10-23-19(12-14)28-21-13-20(24-15(2)25-21)26-16-5-7-17(8-6-16)27-22(29)18-4-3-11-30-18/h5-10,12-13,18H,3-4,11H2,1-2H3,(H,27,29)(H2,23,24,25,26,28). The molecular weight excluding hydrogens is 380 g/mol. The number of ether oxygens (including phenoxy) is 1. The van der Waals surface area contributed by atoms with Gasteiger partial charge in [0.05, 0.1) is 0 Å². The van der Waals surface area contributed by atoms with Crippen LogP contribution in [0.15, 0.2) is 48.7 Å². The lowest BCUT2D eigenvalue weighted by atomic mass is 10.2. The third-order valence-electron chi connectivity index (χ3n) is 4.66. The van der Waals surface area contributed by atoms with Crippen molar-refractivity contribution in [3.63, 3.8) is 0 Å². The summed E-state index contributed by atoms with van der Waals surface area (Å²) in [5, 5.41) is 9.37. The minimum absolute atomic E-state index is 0.0971. The van der Waals surface area contributed by atoms with Crippen LogP contribution in [0.1, 0.15) is 24.2 Å². The molecule has 0 bridgehead atoms. The van der Waals surface area contributed by atoms with Gasteiger partial charge in [0.2, 0.25) is 0 Å². The molecule has 3 aromatic rings. The molecule has 0 radical (unpaired) electrons. The largest absolute Gasteiger partial charge is 0.368 e. The summed E-state index contributed by atoms with van der Waals surface area (Å²) in [6.45, 7) is 4.50. The zero-order chi connectivity index (χ0) is 20.9. The summed E-state index contributed by atoms with van der Waals surface area (Å²) in [4.78, 5) is 25.3. The molecule has 2 aromatic heterocycles. The number of hydrogen-bond donors (Lipinski definition) is 3. The number of pyridine rings is 1. The fraction of sp³-hybridized carbons (Fsp3) is 0.273. The second-order valence-electron chi connectivity index (χ2n) is 7.22. The average Bonchev–Trinajstić information content (AvgIpc) is 3.24. The van der Waals surface area contributed by atoms with Crippen LogP contribution in [0.5, 0.6) is 0 Å². The van der Waals surface area contributed by atoms with Crippen LogP contribution in [-0.4, -0.2) is 33.6 Å². The fourth-order valence-corrected chi connectivity index (χ4v) is 3.22. The first-order valence-corrected chi connectivity index (χ1v) is 9.90. The highest BCUT2D eigenvalue weighted by atomic mass is 16.5. The van der Waals surface area contributed by atoms with Crippen molar-refractivity contribution >= 4 is 34.7 Å². The van der Waals surface area contributed by atoms with Gasteiger partial charge in [-0.05, 0) is 68.7 Å². The van der Waals surface area contributed by atoms with Gasteiger partial charge in [0.1, 0.15) is 29.4 Å². The summed E-state index contributed by atoms with van der Waals surface area (Å²) in [5.74, 6) is 2.58. The lowest BCUT2D eigenvalue weighted by molar-refractivity contribution is -0.124. The van der Waals surface area contributed by atoms with E-state index in [1.807, 2.05) is 56.3 Å². The summed E-state index contributed by atoms with van der Waals surface area (Å²) in [6.07, 6.45) is 3.10. The predicted molar refractivity (Wildman–Crippen MR) is 116 cm³/mol. The van der Waals surface area contributed by atoms with Gasteiger partial charge < -0.3 is 20.7 Å². The Morgan fingerprint density at radius 1 is 0.967 bits per heavy atom. The number of nitrogens with one attached hydrogen (secondary N) is 3. The number of carbonyl (C=O) groups excluding carboxylic acids is 1. The molecule has 0 saturated carbocycles. The molecule has 3 N–H and O–H groups in total. The minimum atomic E-state index is -0.347. The fourth-order valence-electron chi connectivity index (χ4n) is 3.22. The summed E-state index contributed by atoms with van der Waals surface area (Å²) in [5.41, 5.74) is 2.69. The molecule has 1 unspecified atom stereocenters. The SMILES string of the molecule is Cc1ccnc(Nc2cc(Nc3ccc(NC(=O)C4CCCO4)cc3)nc(C)n2)c1. The molecule has 8 heteroatoms. The zero-order valence-corrected chi connectivity index (χ0v) is 17.0. The van der Waals surface area contributed by atoms with Crippen molar-refractivity contribution in [3.8, 4) is 0 Å². The molecule has 1 aromatic carbocycles. The van der Waals surface area contributed by atoms with Crippen LogP contribution in [0.3, 0.4) is 0 Å². The van der Waals surface area contributed by atoms with Crippen LogP contribution in [0.4, 0.5) is 28.8 Å². The maximum absolute atomic E-state index is 12.2. The summed E-state index contributed by atoms with van der Waals surface area (Å²) in [6, 6.07) is 13.2. The van der Waals surface area contributed by atoms with Gasteiger partial charge in [0.15, 0.2) is 0 Å². The smallest absolute Gasteiger partial charge is 0.253 e. The maximum Gasteiger partial charge on any atom is 0.253 e. The van der Waals surface area contributed by atoms with E-state index in [-0.39, 0.29) is 12.0 Å². The number of nitrogens with zero attached hydrogens (tertiary/aromatic N) is 3. The van der Waals surface area contributed by atoms with E-state index >= 15 is 0 Å². The third-order valence-corrected chi connectivity index (χ3v) is 4.66. The zero-order valence-electron chi connectivity index (χ0n) is 17.0. The van der Waals surface area contributed by atoms with E-state index in [2.05, 4.69) is 30.9 Å². The van der Waals surface area contributed by atoms with Crippen molar-refractivity contribution in [2.45, 2.75) is 32.8 Å². The molecule has 154 valence electrons. The molecular formula is C22H24N6O2. The van der Waals surface area contributed by atoms with Crippen LogP contribution >= 0.6 is 0 Å². The predicted octanol–water partition coefficient (Wildman–Crippen LogP) is 4.09. The first kappa shape index (κ1) is 19.8. The molecule has 0 aliphatic carbocycles. The molecule has 1 amide bonds. The topological polar surface area (TPSA) is 101 Å². The van der Waals surface area contributed by atoms with Crippen LogP contribution in [0.2, 0.25) is 0 Å². The van der Waals surface area contributed by atoms with Gasteiger partial charge >= 0.3 is 0 Å². The Hall–Kier alpha value is -3.52. The summed E-state index contributed by atoms with van der Waals surface area (Å²) in [7, 11) is 0. The van der Waals surface area contributed by atoms with Crippen LogP contribution in [-0.2, 0) is 9.53 Å². The van der Waals surface area contributed by atoms with Crippen LogP contribution in [0.25, 0.3) is 0 Å². The molecule has 30 heavy (non-hydrogen) atoms. The number of benzene rings is 1. The number of carbonyl (C=O) groups is 1. The van der Waals surface area contributed by atoms with E-state index in [4.69, 9.17) is 4.74 Å². The Labute approximate surface area is 175 Å². The molecule has 4 rings (SSSR count). The second kappa shape index (κ2) is 8.87. The van der Waals surface area contributed by atoms with Gasteiger partial charge in [-0.15, -0.1) is 0 Å². The lowest BCUT2D eigenvalue weighted by Gasteiger charge is -2.12. The van der Waals surface area contributed by atoms with Crippen LogP contribution < -0.4 is 16.0 Å². The Morgan fingerprint density at radius 3 is 2.40 bits per heavy atom. The van der Waals surface area contributed by atoms with Gasteiger partial charge in [0, 0.05) is 30.2 Å². The minimum Gasteiger partial charge on any atom is -0.368 e. The van der Waals surface area contributed by atoms with Crippen molar-refractivity contribution in [2.75, 3.05) is 22.6 Å². The summed E-state index contributed by atoms with van der Waals surface area (Å²) < 4.78 is 5.41. The highest BCUT2D eigenvalue weighted by molar-refractivity contribution is 5.94. The first-order valence-electron chi connectivity index (χ1n) is 9.90. The number of amides is 1. The number of aryl methyl sites for hydroxylation is 2. The van der Waals surface area contributed by atoms with Crippen molar-refractivity contribution < 1.29 is 9.53 Å². The van der Waals surface area contributed by atoms with E-state index in [9.17, 15) is 4.79 Å². The number of anilines is 5.